The maximum absolute atomic E-state index is 14.2. The van der Waals surface area contributed by atoms with Crippen LogP contribution in [0.1, 0.15) is 10.5 Å². The number of hydrogen-bond donors (Lipinski definition) is 2. The molecule has 3 aromatic rings. The summed E-state index contributed by atoms with van der Waals surface area (Å²) < 4.78 is 28.4. The van der Waals surface area contributed by atoms with Gasteiger partial charge in [0, 0.05) is 24.5 Å². The van der Waals surface area contributed by atoms with E-state index in [1.807, 2.05) is 11.9 Å². The summed E-state index contributed by atoms with van der Waals surface area (Å²) in [5, 5.41) is 10.5. The van der Waals surface area contributed by atoms with Crippen molar-refractivity contribution < 1.29 is 18.4 Å². The number of nitrogens with two attached hydrogens (primary N) is 1. The number of carbonyl (C=O) groups excluding carboxylic acids is 2. The number of anilines is 3. The highest BCUT2D eigenvalue weighted by Gasteiger charge is 2.23. The maximum atomic E-state index is 14.2. The maximum Gasteiger partial charge on any atom is 0.271 e. The van der Waals surface area contributed by atoms with Gasteiger partial charge in [-0.15, -0.1) is 10.2 Å². The summed E-state index contributed by atoms with van der Waals surface area (Å²) in [6.07, 6.45) is 0. The van der Waals surface area contributed by atoms with E-state index in [1.165, 1.54) is 12.1 Å². The average molecular weight is 438 g/mol. The number of benzene rings is 2. The fourth-order valence-electron chi connectivity index (χ4n) is 3.48. The third-order valence-electron chi connectivity index (χ3n) is 5.12. The molecule has 0 spiro atoms. The summed E-state index contributed by atoms with van der Waals surface area (Å²) in [5.74, 6) is -2.46. The Kier molecular flexibility index (Phi) is 5.78. The van der Waals surface area contributed by atoms with Gasteiger partial charge in [0.05, 0.1) is 17.8 Å². The minimum Gasteiger partial charge on any atom is -0.364 e. The minimum atomic E-state index is -0.847. The topological polar surface area (TPSA) is 104 Å². The SMILES string of the molecule is CN1CCN(c2ccc(Nc3cc(-c4c(F)cccc4F)nnc3C(N)=O)cc2)C(=O)C1. The molecule has 0 unspecified atom stereocenters. The van der Waals surface area contributed by atoms with E-state index in [-0.39, 0.29) is 28.5 Å². The first-order valence-corrected chi connectivity index (χ1v) is 9.81. The number of hydrogen-bond acceptors (Lipinski definition) is 6. The van der Waals surface area contributed by atoms with Gasteiger partial charge >= 0.3 is 0 Å². The number of amides is 2. The molecule has 0 radical (unpaired) electrons. The van der Waals surface area contributed by atoms with E-state index in [4.69, 9.17) is 5.73 Å². The molecule has 1 aliphatic heterocycles. The second-order valence-electron chi connectivity index (χ2n) is 7.41. The molecule has 0 aliphatic carbocycles. The van der Waals surface area contributed by atoms with Gasteiger partial charge in [0.2, 0.25) is 5.91 Å². The Bertz CT molecular complexity index is 1170. The van der Waals surface area contributed by atoms with Crippen LogP contribution in [0.4, 0.5) is 25.8 Å². The van der Waals surface area contributed by atoms with E-state index in [0.717, 1.165) is 24.4 Å². The fourth-order valence-corrected chi connectivity index (χ4v) is 3.48. The molecular weight excluding hydrogens is 418 g/mol. The summed E-state index contributed by atoms with van der Waals surface area (Å²) in [6, 6.07) is 11.7. The second kappa shape index (κ2) is 8.67. The monoisotopic (exact) mass is 438 g/mol. The largest absolute Gasteiger partial charge is 0.364 e. The molecule has 2 amide bonds. The molecule has 32 heavy (non-hydrogen) atoms. The van der Waals surface area contributed by atoms with E-state index in [9.17, 15) is 18.4 Å². The van der Waals surface area contributed by atoms with Crippen LogP contribution in [0.2, 0.25) is 0 Å². The highest BCUT2D eigenvalue weighted by Crippen LogP contribution is 2.29. The molecule has 164 valence electrons. The first-order chi connectivity index (χ1) is 15.3. The van der Waals surface area contributed by atoms with Crippen LogP contribution in [0.25, 0.3) is 11.3 Å². The molecule has 2 aromatic carbocycles. The van der Waals surface area contributed by atoms with Gasteiger partial charge in [0.1, 0.15) is 17.3 Å². The number of aromatic nitrogens is 2. The van der Waals surface area contributed by atoms with E-state index >= 15 is 0 Å². The van der Waals surface area contributed by atoms with Gasteiger partial charge in [0.15, 0.2) is 5.69 Å². The molecule has 1 fully saturated rings. The Morgan fingerprint density at radius 3 is 2.38 bits per heavy atom. The molecule has 0 atom stereocenters. The Morgan fingerprint density at radius 1 is 1.06 bits per heavy atom. The molecule has 2 heterocycles. The average Bonchev–Trinajstić information content (AvgIpc) is 2.74. The van der Waals surface area contributed by atoms with Crippen molar-refractivity contribution in [2.45, 2.75) is 0 Å². The Balaban J connectivity index is 1.63. The van der Waals surface area contributed by atoms with Crippen LogP contribution < -0.4 is 16.0 Å². The van der Waals surface area contributed by atoms with Crippen molar-refractivity contribution in [3.05, 3.63) is 65.9 Å². The lowest BCUT2D eigenvalue weighted by molar-refractivity contribution is -0.120. The Morgan fingerprint density at radius 2 is 1.75 bits per heavy atom. The molecule has 1 saturated heterocycles. The fraction of sp³-hybridized carbons (Fsp3) is 0.182. The van der Waals surface area contributed by atoms with Gasteiger partial charge in [-0.25, -0.2) is 8.78 Å². The summed E-state index contributed by atoms with van der Waals surface area (Å²) in [6.45, 7) is 1.70. The predicted molar refractivity (Wildman–Crippen MR) is 115 cm³/mol. The zero-order valence-electron chi connectivity index (χ0n) is 17.2. The summed E-state index contributed by atoms with van der Waals surface area (Å²) in [7, 11) is 1.89. The van der Waals surface area contributed by atoms with Gasteiger partial charge < -0.3 is 16.0 Å². The zero-order chi connectivity index (χ0) is 22.8. The van der Waals surface area contributed by atoms with Gasteiger partial charge in [-0.05, 0) is 49.5 Å². The summed E-state index contributed by atoms with van der Waals surface area (Å²) >= 11 is 0. The molecule has 10 heteroatoms. The molecule has 1 aliphatic rings. The highest BCUT2D eigenvalue weighted by atomic mass is 19.1. The third kappa shape index (κ3) is 4.26. The normalized spacial score (nSPS) is 14.5. The van der Waals surface area contributed by atoms with Crippen LogP contribution >= 0.6 is 0 Å². The number of primary amides is 1. The lowest BCUT2D eigenvalue weighted by Crippen LogP contribution is -2.48. The molecule has 0 bridgehead atoms. The number of nitrogens with zero attached hydrogens (tertiary/aromatic N) is 4. The third-order valence-corrected chi connectivity index (χ3v) is 5.12. The predicted octanol–water partition coefficient (Wildman–Crippen LogP) is 2.54. The molecular formula is C22H20F2N6O2. The van der Waals surface area contributed by atoms with E-state index in [2.05, 4.69) is 15.5 Å². The molecule has 1 aromatic heterocycles. The minimum absolute atomic E-state index is 0.00497. The number of carbonyl (C=O) groups is 2. The molecule has 4 rings (SSSR count). The van der Waals surface area contributed by atoms with Gasteiger partial charge in [0.25, 0.3) is 5.91 Å². The molecule has 8 nitrogen and oxygen atoms in total. The van der Waals surface area contributed by atoms with Crippen molar-refractivity contribution >= 4 is 28.9 Å². The van der Waals surface area contributed by atoms with Crippen molar-refractivity contribution in [2.24, 2.45) is 5.73 Å². The molecule has 3 N–H and O–H groups in total. The number of rotatable bonds is 5. The van der Waals surface area contributed by atoms with Crippen LogP contribution in [0.3, 0.4) is 0 Å². The summed E-state index contributed by atoms with van der Waals surface area (Å²) in [5.41, 5.74) is 6.21. The van der Waals surface area contributed by atoms with Crippen molar-refractivity contribution in [1.82, 2.24) is 15.1 Å². The Labute approximate surface area is 182 Å². The number of likely N-dealkylation sites (N-methyl/N-ethyl adjacent to an activating group) is 1. The smallest absolute Gasteiger partial charge is 0.271 e. The van der Waals surface area contributed by atoms with E-state index < -0.39 is 17.5 Å². The van der Waals surface area contributed by atoms with Crippen LogP contribution in [0.5, 0.6) is 0 Å². The van der Waals surface area contributed by atoms with Gasteiger partial charge in [-0.3, -0.25) is 14.5 Å². The standard InChI is InChI=1S/C22H20F2N6O2/c1-29-9-10-30(19(31)12-29)14-7-5-13(6-8-14)26-18-11-17(27-28-21(18)22(25)32)20-15(23)3-2-4-16(20)24/h2-8,11H,9-10,12H2,1H3,(H2,25,32)(H,26,27). The first kappa shape index (κ1) is 21.3. The van der Waals surface area contributed by atoms with Gasteiger partial charge in [-0.1, -0.05) is 6.07 Å². The lowest BCUT2D eigenvalue weighted by atomic mass is 10.1. The quantitative estimate of drug-likeness (QED) is 0.635. The number of halogens is 2. The lowest BCUT2D eigenvalue weighted by Gasteiger charge is -2.32. The van der Waals surface area contributed by atoms with Crippen molar-refractivity contribution in [3.8, 4) is 11.3 Å². The Hall–Kier alpha value is -3.92. The van der Waals surface area contributed by atoms with Gasteiger partial charge in [-0.2, -0.15) is 0 Å². The van der Waals surface area contributed by atoms with E-state index in [1.54, 1.807) is 29.2 Å². The number of nitrogens with one attached hydrogen (secondary N) is 1. The van der Waals surface area contributed by atoms with Crippen LogP contribution in [0.15, 0.2) is 48.5 Å². The van der Waals surface area contributed by atoms with Crippen molar-refractivity contribution in [3.63, 3.8) is 0 Å². The second-order valence-corrected chi connectivity index (χ2v) is 7.41. The van der Waals surface area contributed by atoms with Crippen LogP contribution in [-0.2, 0) is 4.79 Å². The molecule has 0 saturated carbocycles. The van der Waals surface area contributed by atoms with Crippen molar-refractivity contribution in [1.29, 1.82) is 0 Å². The van der Waals surface area contributed by atoms with Crippen LogP contribution in [-0.4, -0.2) is 53.6 Å². The van der Waals surface area contributed by atoms with E-state index in [0.29, 0.717) is 18.8 Å². The van der Waals surface area contributed by atoms with Crippen LogP contribution in [0, 0.1) is 11.6 Å². The number of piperazine rings is 1. The first-order valence-electron chi connectivity index (χ1n) is 9.81. The highest BCUT2D eigenvalue weighted by molar-refractivity contribution is 5.98. The van der Waals surface area contributed by atoms with Crippen molar-refractivity contribution in [2.75, 3.05) is 36.9 Å². The summed E-state index contributed by atoms with van der Waals surface area (Å²) in [4.78, 5) is 27.7. The zero-order valence-corrected chi connectivity index (χ0v) is 17.2.